The molecule has 0 aliphatic rings. The van der Waals surface area contributed by atoms with Gasteiger partial charge in [-0.2, -0.15) is 0 Å². The predicted molar refractivity (Wildman–Crippen MR) is 120 cm³/mol. The maximum Gasteiger partial charge on any atom is 0.226 e. The lowest BCUT2D eigenvalue weighted by Gasteiger charge is -2.11. The Morgan fingerprint density at radius 3 is 2.53 bits per heavy atom. The van der Waals surface area contributed by atoms with Crippen LogP contribution in [0.3, 0.4) is 0 Å². The molecule has 1 aromatic heterocycles. The minimum atomic E-state index is 0.530. The number of nitrogens with one attached hydrogen (secondary N) is 2. The molecule has 0 atom stereocenters. The Bertz CT molecular complexity index is 948. The van der Waals surface area contributed by atoms with E-state index in [-0.39, 0.29) is 0 Å². The van der Waals surface area contributed by atoms with Crippen molar-refractivity contribution >= 4 is 5.96 Å². The van der Waals surface area contributed by atoms with Crippen molar-refractivity contribution in [3.8, 4) is 11.5 Å². The molecule has 0 unspecified atom stereocenters. The quantitative estimate of drug-likeness (QED) is 0.406. The molecule has 3 rings (SSSR count). The van der Waals surface area contributed by atoms with Gasteiger partial charge in [0.1, 0.15) is 6.26 Å². The van der Waals surface area contributed by atoms with E-state index in [0.717, 1.165) is 34.9 Å². The van der Waals surface area contributed by atoms with Crippen molar-refractivity contribution in [3.05, 3.63) is 77.2 Å². The van der Waals surface area contributed by atoms with Crippen LogP contribution in [0.15, 0.2) is 64.2 Å². The zero-order valence-corrected chi connectivity index (χ0v) is 17.9. The molecule has 0 saturated heterocycles. The first-order valence-electron chi connectivity index (χ1n) is 10.4. The Balaban J connectivity index is 1.63. The summed E-state index contributed by atoms with van der Waals surface area (Å²) in [6.07, 6.45) is 1.68. The highest BCUT2D eigenvalue weighted by Crippen LogP contribution is 2.19. The van der Waals surface area contributed by atoms with E-state index in [1.165, 1.54) is 5.56 Å². The van der Waals surface area contributed by atoms with Crippen LogP contribution in [0.25, 0.3) is 11.5 Å². The van der Waals surface area contributed by atoms with Crippen molar-refractivity contribution in [2.45, 2.75) is 40.5 Å². The third kappa shape index (κ3) is 6.19. The summed E-state index contributed by atoms with van der Waals surface area (Å²) in [7, 11) is 0. The smallest absolute Gasteiger partial charge is 0.226 e. The van der Waals surface area contributed by atoms with E-state index in [4.69, 9.17) is 14.1 Å². The van der Waals surface area contributed by atoms with E-state index >= 15 is 0 Å². The second kappa shape index (κ2) is 11.2. The molecule has 30 heavy (non-hydrogen) atoms. The Labute approximate surface area is 178 Å². The van der Waals surface area contributed by atoms with E-state index in [1.807, 2.05) is 38.1 Å². The first-order chi connectivity index (χ1) is 14.7. The molecule has 0 fully saturated rings. The van der Waals surface area contributed by atoms with Crippen molar-refractivity contribution in [1.29, 1.82) is 0 Å². The SMILES string of the molecule is CCNC(=NCc1ccccc1COCC)NCc1coc(-c2ccc(C)cc2)n1. The maximum atomic E-state index is 5.64. The van der Waals surface area contributed by atoms with Gasteiger partial charge in [0.25, 0.3) is 0 Å². The zero-order chi connectivity index (χ0) is 21.2. The third-order valence-corrected chi connectivity index (χ3v) is 4.62. The van der Waals surface area contributed by atoms with E-state index in [2.05, 4.69) is 46.8 Å². The molecule has 0 spiro atoms. The van der Waals surface area contributed by atoms with Crippen LogP contribution in [0.1, 0.15) is 36.2 Å². The van der Waals surface area contributed by atoms with Crippen molar-refractivity contribution in [1.82, 2.24) is 15.6 Å². The number of hydrogen-bond acceptors (Lipinski definition) is 4. The van der Waals surface area contributed by atoms with Crippen molar-refractivity contribution in [2.75, 3.05) is 13.2 Å². The molecule has 2 N–H and O–H groups in total. The maximum absolute atomic E-state index is 5.64. The second-order valence-corrected chi connectivity index (χ2v) is 6.96. The fraction of sp³-hybridized carbons (Fsp3) is 0.333. The number of nitrogens with zero attached hydrogens (tertiary/aromatic N) is 2. The largest absolute Gasteiger partial charge is 0.444 e. The molecular weight excluding hydrogens is 376 g/mol. The minimum absolute atomic E-state index is 0.530. The van der Waals surface area contributed by atoms with E-state index in [0.29, 0.717) is 32.2 Å². The molecule has 3 aromatic rings. The molecule has 0 bridgehead atoms. The number of ether oxygens (including phenoxy) is 1. The highest BCUT2D eigenvalue weighted by Gasteiger charge is 2.08. The van der Waals surface area contributed by atoms with E-state index < -0.39 is 0 Å². The Morgan fingerprint density at radius 1 is 1.03 bits per heavy atom. The lowest BCUT2D eigenvalue weighted by atomic mass is 10.1. The highest BCUT2D eigenvalue weighted by molar-refractivity contribution is 5.79. The molecule has 6 heteroatoms. The average Bonchev–Trinajstić information content (AvgIpc) is 3.24. The lowest BCUT2D eigenvalue weighted by Crippen LogP contribution is -2.36. The number of aromatic nitrogens is 1. The highest BCUT2D eigenvalue weighted by atomic mass is 16.5. The first kappa shape index (κ1) is 21.6. The van der Waals surface area contributed by atoms with Gasteiger partial charge in [0.05, 0.1) is 25.4 Å². The fourth-order valence-corrected chi connectivity index (χ4v) is 2.96. The summed E-state index contributed by atoms with van der Waals surface area (Å²) in [5, 5.41) is 6.61. The average molecular weight is 407 g/mol. The topological polar surface area (TPSA) is 71.7 Å². The third-order valence-electron chi connectivity index (χ3n) is 4.62. The summed E-state index contributed by atoms with van der Waals surface area (Å²) >= 11 is 0. The number of aryl methyl sites for hydroxylation is 1. The van der Waals surface area contributed by atoms with Crippen LogP contribution in [0, 0.1) is 6.92 Å². The number of oxazole rings is 1. The van der Waals surface area contributed by atoms with E-state index in [9.17, 15) is 0 Å². The molecule has 2 aromatic carbocycles. The molecule has 1 heterocycles. The van der Waals surface area contributed by atoms with Gasteiger partial charge in [-0.15, -0.1) is 0 Å². The first-order valence-corrected chi connectivity index (χ1v) is 10.4. The van der Waals surface area contributed by atoms with Gasteiger partial charge < -0.3 is 19.8 Å². The summed E-state index contributed by atoms with van der Waals surface area (Å²) in [6, 6.07) is 16.4. The lowest BCUT2D eigenvalue weighted by molar-refractivity contribution is 0.133. The molecule has 0 aliphatic carbocycles. The molecule has 6 nitrogen and oxygen atoms in total. The van der Waals surface area contributed by atoms with Crippen LogP contribution >= 0.6 is 0 Å². The Morgan fingerprint density at radius 2 is 1.80 bits per heavy atom. The molecule has 0 saturated carbocycles. The fourth-order valence-electron chi connectivity index (χ4n) is 2.96. The second-order valence-electron chi connectivity index (χ2n) is 6.96. The summed E-state index contributed by atoms with van der Waals surface area (Å²) in [4.78, 5) is 9.30. The number of rotatable bonds is 9. The van der Waals surface area contributed by atoms with Crippen molar-refractivity contribution < 1.29 is 9.15 Å². The van der Waals surface area contributed by atoms with Crippen LogP contribution in [0.2, 0.25) is 0 Å². The van der Waals surface area contributed by atoms with Crippen LogP contribution in [-0.4, -0.2) is 24.1 Å². The monoisotopic (exact) mass is 406 g/mol. The van der Waals surface area contributed by atoms with Gasteiger partial charge in [0.2, 0.25) is 5.89 Å². The standard InChI is InChI=1S/C24H30N4O2/c1-4-25-24(26-14-20-8-6-7-9-21(20)16-29-5-2)27-15-22-17-30-23(28-22)19-12-10-18(3)11-13-19/h6-13,17H,4-5,14-16H2,1-3H3,(H2,25,26,27). The number of aliphatic imine (C=N–C) groups is 1. The molecule has 0 amide bonds. The molecular formula is C24H30N4O2. The Kier molecular flexibility index (Phi) is 8.03. The van der Waals surface area contributed by atoms with Crippen LogP contribution in [-0.2, 0) is 24.4 Å². The van der Waals surface area contributed by atoms with Crippen LogP contribution < -0.4 is 10.6 Å². The van der Waals surface area contributed by atoms with Gasteiger partial charge in [-0.1, -0.05) is 42.0 Å². The van der Waals surface area contributed by atoms with Gasteiger partial charge in [0, 0.05) is 18.7 Å². The zero-order valence-electron chi connectivity index (χ0n) is 17.9. The minimum Gasteiger partial charge on any atom is -0.444 e. The number of hydrogen-bond donors (Lipinski definition) is 2. The van der Waals surface area contributed by atoms with E-state index in [1.54, 1.807) is 6.26 Å². The van der Waals surface area contributed by atoms with Gasteiger partial charge in [-0.25, -0.2) is 9.98 Å². The summed E-state index contributed by atoms with van der Waals surface area (Å²) in [6.45, 7) is 9.30. The van der Waals surface area contributed by atoms with Gasteiger partial charge in [-0.3, -0.25) is 0 Å². The molecule has 158 valence electrons. The molecule has 0 aliphatic heterocycles. The molecule has 0 radical (unpaired) electrons. The van der Waals surface area contributed by atoms with Gasteiger partial charge >= 0.3 is 0 Å². The van der Waals surface area contributed by atoms with Crippen molar-refractivity contribution in [2.24, 2.45) is 4.99 Å². The summed E-state index contributed by atoms with van der Waals surface area (Å²) in [5.41, 5.74) is 5.33. The predicted octanol–water partition coefficient (Wildman–Crippen LogP) is 4.44. The Hall–Kier alpha value is -3.12. The van der Waals surface area contributed by atoms with Crippen molar-refractivity contribution in [3.63, 3.8) is 0 Å². The normalized spacial score (nSPS) is 11.5. The summed E-state index contributed by atoms with van der Waals surface area (Å²) in [5.74, 6) is 1.36. The van der Waals surface area contributed by atoms with Gasteiger partial charge in [0.15, 0.2) is 5.96 Å². The number of guanidine groups is 1. The van der Waals surface area contributed by atoms with Crippen LogP contribution in [0.5, 0.6) is 0 Å². The summed E-state index contributed by atoms with van der Waals surface area (Å²) < 4.78 is 11.2. The van der Waals surface area contributed by atoms with Gasteiger partial charge in [-0.05, 0) is 44.0 Å². The number of benzene rings is 2. The van der Waals surface area contributed by atoms with Crippen LogP contribution in [0.4, 0.5) is 0 Å².